The molecule has 1 atom stereocenters. The first-order chi connectivity index (χ1) is 7.49. The van der Waals surface area contributed by atoms with Gasteiger partial charge in [-0.1, -0.05) is 0 Å². The molecule has 0 saturated heterocycles. The molecule has 0 bridgehead atoms. The Morgan fingerprint density at radius 2 is 2.00 bits per heavy atom. The molecule has 0 aliphatic rings. The van der Waals surface area contributed by atoms with E-state index < -0.39 is 4.92 Å². The smallest absolute Gasteiger partial charge is 0.269 e. The molecule has 1 unspecified atom stereocenters. The van der Waals surface area contributed by atoms with E-state index in [0.717, 1.165) is 0 Å². The monoisotopic (exact) mass is 223 g/mol. The fraction of sp³-hybridized carbons (Fsp3) is 0.364. The zero-order valence-corrected chi connectivity index (χ0v) is 9.17. The fourth-order valence-electron chi connectivity index (χ4n) is 1.33. The van der Waals surface area contributed by atoms with Crippen LogP contribution < -0.4 is 4.74 Å². The van der Waals surface area contributed by atoms with Crippen LogP contribution in [0.25, 0.3) is 0 Å². The number of carbonyl (C=O) groups excluding carboxylic acids is 1. The van der Waals surface area contributed by atoms with Gasteiger partial charge in [-0.15, -0.1) is 0 Å². The molecule has 0 spiro atoms. The van der Waals surface area contributed by atoms with Crippen LogP contribution in [0, 0.1) is 10.1 Å². The van der Waals surface area contributed by atoms with Crippen molar-refractivity contribution < 1.29 is 14.5 Å². The first-order valence-electron chi connectivity index (χ1n) is 4.89. The molecule has 0 aliphatic heterocycles. The summed E-state index contributed by atoms with van der Waals surface area (Å²) in [4.78, 5) is 20.7. The molecule has 1 rings (SSSR count). The van der Waals surface area contributed by atoms with Crippen LogP contribution in [0.4, 0.5) is 5.69 Å². The molecule has 0 heterocycles. The normalized spacial score (nSPS) is 11.9. The van der Waals surface area contributed by atoms with Gasteiger partial charge < -0.3 is 4.74 Å². The maximum absolute atomic E-state index is 10.8. The third-order valence-corrected chi connectivity index (χ3v) is 1.96. The molecule has 0 radical (unpaired) electrons. The number of nitro benzene ring substituents is 1. The first-order valence-corrected chi connectivity index (χ1v) is 4.89. The van der Waals surface area contributed by atoms with Gasteiger partial charge in [-0.2, -0.15) is 0 Å². The van der Waals surface area contributed by atoms with Crippen LogP contribution in [0.5, 0.6) is 5.75 Å². The molecule has 86 valence electrons. The van der Waals surface area contributed by atoms with Gasteiger partial charge in [0.25, 0.3) is 5.69 Å². The molecule has 16 heavy (non-hydrogen) atoms. The molecule has 0 aliphatic carbocycles. The van der Waals surface area contributed by atoms with Crippen molar-refractivity contribution in [3.05, 3.63) is 34.4 Å². The van der Waals surface area contributed by atoms with Crippen molar-refractivity contribution in [2.75, 3.05) is 0 Å². The van der Waals surface area contributed by atoms with Gasteiger partial charge in [0.2, 0.25) is 0 Å². The number of Topliss-reactive ketones (excluding diaryl/α,β-unsaturated/α-hetero) is 1. The molecule has 1 aromatic carbocycles. The Labute approximate surface area is 93.2 Å². The third kappa shape index (κ3) is 3.68. The van der Waals surface area contributed by atoms with Crippen molar-refractivity contribution in [3.63, 3.8) is 0 Å². The molecule has 5 heteroatoms. The van der Waals surface area contributed by atoms with Gasteiger partial charge in [-0.05, 0) is 26.0 Å². The van der Waals surface area contributed by atoms with E-state index in [1.165, 1.54) is 31.2 Å². The summed E-state index contributed by atoms with van der Waals surface area (Å²) in [5.74, 6) is 0.578. The Morgan fingerprint density at radius 1 is 1.44 bits per heavy atom. The summed E-state index contributed by atoms with van der Waals surface area (Å²) >= 11 is 0. The molecule has 0 aromatic heterocycles. The highest BCUT2D eigenvalue weighted by atomic mass is 16.6. The molecule has 0 fully saturated rings. The Balaban J connectivity index is 2.61. The average Bonchev–Trinajstić information content (AvgIpc) is 2.16. The van der Waals surface area contributed by atoms with Crippen LogP contribution in [0.15, 0.2) is 24.3 Å². The molecule has 0 N–H and O–H groups in total. The van der Waals surface area contributed by atoms with E-state index in [0.29, 0.717) is 12.2 Å². The third-order valence-electron chi connectivity index (χ3n) is 1.96. The Bertz CT molecular complexity index is 385. The molecular weight excluding hydrogens is 210 g/mol. The summed E-state index contributed by atoms with van der Waals surface area (Å²) < 4.78 is 5.42. The number of nitrogens with zero attached hydrogens (tertiary/aromatic N) is 1. The molecule has 0 amide bonds. The second-order valence-electron chi connectivity index (χ2n) is 3.59. The number of hydrogen-bond donors (Lipinski definition) is 0. The van der Waals surface area contributed by atoms with E-state index in [9.17, 15) is 14.9 Å². The van der Waals surface area contributed by atoms with Crippen molar-refractivity contribution in [1.82, 2.24) is 0 Å². The number of ether oxygens (including phenoxy) is 1. The van der Waals surface area contributed by atoms with Gasteiger partial charge in [0.05, 0.1) is 4.92 Å². The van der Waals surface area contributed by atoms with Crippen molar-refractivity contribution in [2.45, 2.75) is 26.4 Å². The largest absolute Gasteiger partial charge is 0.490 e. The lowest BCUT2D eigenvalue weighted by Gasteiger charge is -2.12. The van der Waals surface area contributed by atoms with Crippen LogP contribution in [0.3, 0.4) is 0 Å². The Morgan fingerprint density at radius 3 is 2.44 bits per heavy atom. The standard InChI is InChI=1S/C11H13NO4/c1-8(13)7-9(2)16-11-5-3-10(4-6-11)12(14)15/h3-6,9H,7H2,1-2H3. The summed E-state index contributed by atoms with van der Waals surface area (Å²) in [6, 6.07) is 5.79. The lowest BCUT2D eigenvalue weighted by molar-refractivity contribution is -0.384. The highest BCUT2D eigenvalue weighted by Crippen LogP contribution is 2.18. The summed E-state index contributed by atoms with van der Waals surface area (Å²) in [5.41, 5.74) is 0.0200. The van der Waals surface area contributed by atoms with Crippen molar-refractivity contribution in [2.24, 2.45) is 0 Å². The highest BCUT2D eigenvalue weighted by Gasteiger charge is 2.09. The Kier molecular flexibility index (Phi) is 3.99. The van der Waals surface area contributed by atoms with E-state index in [1.54, 1.807) is 6.92 Å². The van der Waals surface area contributed by atoms with Gasteiger partial charge in [-0.25, -0.2) is 0 Å². The van der Waals surface area contributed by atoms with E-state index in [4.69, 9.17) is 4.74 Å². The van der Waals surface area contributed by atoms with Crippen LogP contribution in [-0.2, 0) is 4.79 Å². The lowest BCUT2D eigenvalue weighted by atomic mass is 10.2. The van der Waals surface area contributed by atoms with E-state index >= 15 is 0 Å². The molecule has 0 saturated carbocycles. The second-order valence-corrected chi connectivity index (χ2v) is 3.59. The summed E-state index contributed by atoms with van der Waals surface area (Å²) in [7, 11) is 0. The average molecular weight is 223 g/mol. The van der Waals surface area contributed by atoms with Crippen LogP contribution >= 0.6 is 0 Å². The van der Waals surface area contributed by atoms with Gasteiger partial charge in [0.1, 0.15) is 17.6 Å². The number of non-ortho nitro benzene ring substituents is 1. The van der Waals surface area contributed by atoms with Crippen LogP contribution in [0.1, 0.15) is 20.3 Å². The van der Waals surface area contributed by atoms with E-state index in [1.807, 2.05) is 0 Å². The molecule has 1 aromatic rings. The van der Waals surface area contributed by atoms with Gasteiger partial charge >= 0.3 is 0 Å². The van der Waals surface area contributed by atoms with Gasteiger partial charge in [0.15, 0.2) is 0 Å². The maximum Gasteiger partial charge on any atom is 0.269 e. The quantitative estimate of drug-likeness (QED) is 0.567. The van der Waals surface area contributed by atoms with Crippen LogP contribution in [0.2, 0.25) is 0 Å². The van der Waals surface area contributed by atoms with E-state index in [2.05, 4.69) is 0 Å². The number of nitro groups is 1. The van der Waals surface area contributed by atoms with E-state index in [-0.39, 0.29) is 17.6 Å². The summed E-state index contributed by atoms with van der Waals surface area (Å²) in [6.45, 7) is 3.28. The Hall–Kier alpha value is -1.91. The maximum atomic E-state index is 10.8. The van der Waals surface area contributed by atoms with Crippen molar-refractivity contribution in [1.29, 1.82) is 0 Å². The number of rotatable bonds is 5. The zero-order valence-electron chi connectivity index (χ0n) is 9.17. The number of benzene rings is 1. The van der Waals surface area contributed by atoms with Crippen molar-refractivity contribution in [3.8, 4) is 5.75 Å². The predicted octanol–water partition coefficient (Wildman–Crippen LogP) is 2.34. The SMILES string of the molecule is CC(=O)CC(C)Oc1ccc([N+](=O)[O-])cc1. The molecular formula is C11H13NO4. The van der Waals surface area contributed by atoms with Crippen LogP contribution in [-0.4, -0.2) is 16.8 Å². The highest BCUT2D eigenvalue weighted by molar-refractivity contribution is 5.75. The van der Waals surface area contributed by atoms with Gasteiger partial charge in [-0.3, -0.25) is 14.9 Å². The second kappa shape index (κ2) is 5.25. The fourth-order valence-corrected chi connectivity index (χ4v) is 1.33. The number of hydrogen-bond acceptors (Lipinski definition) is 4. The van der Waals surface area contributed by atoms with Crippen molar-refractivity contribution >= 4 is 11.5 Å². The predicted molar refractivity (Wildman–Crippen MR) is 58.5 cm³/mol. The number of carbonyl (C=O) groups is 1. The molecule has 5 nitrogen and oxygen atoms in total. The zero-order chi connectivity index (χ0) is 12.1. The number of ketones is 1. The lowest BCUT2D eigenvalue weighted by Crippen LogP contribution is -2.15. The topological polar surface area (TPSA) is 69.4 Å². The first kappa shape index (κ1) is 12.2. The summed E-state index contributed by atoms with van der Waals surface area (Å²) in [6.07, 6.45) is 0.107. The minimum Gasteiger partial charge on any atom is -0.490 e. The minimum absolute atomic E-state index is 0.0200. The minimum atomic E-state index is -0.469. The summed E-state index contributed by atoms with van der Waals surface area (Å²) in [5, 5.41) is 10.4. The van der Waals surface area contributed by atoms with Gasteiger partial charge in [0, 0.05) is 18.6 Å².